The molecule has 0 aliphatic carbocycles. The van der Waals surface area contributed by atoms with Gasteiger partial charge >= 0.3 is 0 Å². The fourth-order valence-electron chi connectivity index (χ4n) is 3.17. The highest BCUT2D eigenvalue weighted by atomic mass is 16.3. The maximum Gasteiger partial charge on any atom is 0.126 e. The topological polar surface area (TPSA) is 50.1 Å². The molecule has 126 valence electrons. The van der Waals surface area contributed by atoms with Gasteiger partial charge in [0, 0.05) is 7.05 Å². The molecule has 2 atom stereocenters. The summed E-state index contributed by atoms with van der Waals surface area (Å²) in [5.41, 5.74) is 4.52. The van der Waals surface area contributed by atoms with Crippen LogP contribution in [0.1, 0.15) is 42.9 Å². The molecule has 2 N–H and O–H groups in total. The maximum atomic E-state index is 9.82. The minimum absolute atomic E-state index is 0.0328. The number of hydrogen-bond donors (Lipinski definition) is 2. The second kappa shape index (κ2) is 7.16. The van der Waals surface area contributed by atoms with Gasteiger partial charge in [-0.15, -0.1) is 0 Å². The van der Waals surface area contributed by atoms with Crippen molar-refractivity contribution in [1.82, 2.24) is 14.9 Å². The third-order valence-corrected chi connectivity index (χ3v) is 4.63. The summed E-state index contributed by atoms with van der Waals surface area (Å²) in [6, 6.07) is 16.5. The van der Waals surface area contributed by atoms with Crippen LogP contribution in [0.15, 0.2) is 48.5 Å². The number of rotatable bonds is 6. The number of aliphatic hydroxyl groups excluding tert-OH is 1. The van der Waals surface area contributed by atoms with Gasteiger partial charge in [0.05, 0.1) is 29.7 Å². The van der Waals surface area contributed by atoms with Crippen LogP contribution in [0.3, 0.4) is 0 Å². The predicted octanol–water partition coefficient (Wildman–Crippen LogP) is 3.52. The molecule has 0 saturated heterocycles. The average molecular weight is 323 g/mol. The Morgan fingerprint density at radius 1 is 1.12 bits per heavy atom. The molecule has 0 saturated carbocycles. The summed E-state index contributed by atoms with van der Waals surface area (Å²) in [5.74, 6) is 0.972. The van der Waals surface area contributed by atoms with Crippen molar-refractivity contribution < 1.29 is 5.11 Å². The Bertz CT molecular complexity index is 807. The maximum absolute atomic E-state index is 9.82. The molecule has 2 unspecified atom stereocenters. The number of aromatic nitrogens is 2. The molecule has 3 rings (SSSR count). The van der Waals surface area contributed by atoms with Crippen molar-refractivity contribution in [1.29, 1.82) is 0 Å². The Morgan fingerprint density at radius 3 is 2.46 bits per heavy atom. The molecule has 3 aromatic rings. The van der Waals surface area contributed by atoms with Crippen molar-refractivity contribution >= 4 is 11.0 Å². The highest BCUT2D eigenvalue weighted by molar-refractivity contribution is 5.75. The van der Waals surface area contributed by atoms with Crippen molar-refractivity contribution in [2.24, 2.45) is 7.05 Å². The molecule has 2 aromatic carbocycles. The highest BCUT2D eigenvalue weighted by Gasteiger charge is 2.19. The Kier molecular flexibility index (Phi) is 4.97. The predicted molar refractivity (Wildman–Crippen MR) is 97.9 cm³/mol. The van der Waals surface area contributed by atoms with E-state index in [1.807, 2.05) is 25.2 Å². The minimum atomic E-state index is -0.106. The van der Waals surface area contributed by atoms with E-state index in [9.17, 15) is 5.11 Å². The van der Waals surface area contributed by atoms with Crippen LogP contribution in [0.25, 0.3) is 11.0 Å². The third kappa shape index (κ3) is 3.21. The minimum Gasteiger partial charge on any atom is -0.394 e. The van der Waals surface area contributed by atoms with Crippen LogP contribution in [-0.4, -0.2) is 21.3 Å². The lowest BCUT2D eigenvalue weighted by atomic mass is 10.0. The second-order valence-electron chi connectivity index (χ2n) is 6.24. The van der Waals surface area contributed by atoms with Gasteiger partial charge in [-0.3, -0.25) is 5.32 Å². The van der Waals surface area contributed by atoms with Gasteiger partial charge < -0.3 is 9.67 Å². The summed E-state index contributed by atoms with van der Waals surface area (Å²) in [6.45, 7) is 4.29. The number of benzene rings is 2. The molecule has 0 amide bonds. The normalized spacial score (nSPS) is 14.0. The van der Waals surface area contributed by atoms with Crippen LogP contribution in [0.4, 0.5) is 0 Å². The first-order valence-electron chi connectivity index (χ1n) is 8.51. The summed E-state index contributed by atoms with van der Waals surface area (Å²) < 4.78 is 2.11. The first-order valence-corrected chi connectivity index (χ1v) is 8.51. The molecule has 0 bridgehead atoms. The van der Waals surface area contributed by atoms with E-state index in [2.05, 4.69) is 54.1 Å². The molecule has 1 aromatic heterocycles. The van der Waals surface area contributed by atoms with Crippen LogP contribution in [0, 0.1) is 0 Å². The average Bonchev–Trinajstić information content (AvgIpc) is 2.97. The Hall–Kier alpha value is -2.17. The van der Waals surface area contributed by atoms with Crippen molar-refractivity contribution in [2.45, 2.75) is 32.4 Å². The zero-order valence-corrected chi connectivity index (χ0v) is 14.5. The lowest BCUT2D eigenvalue weighted by Gasteiger charge is -2.22. The number of para-hydroxylation sites is 2. The molecular weight excluding hydrogens is 298 g/mol. The number of nitrogens with one attached hydrogen (secondary N) is 1. The summed E-state index contributed by atoms with van der Waals surface area (Å²) >= 11 is 0. The molecule has 4 nitrogen and oxygen atoms in total. The smallest absolute Gasteiger partial charge is 0.126 e. The lowest BCUT2D eigenvalue weighted by Crippen LogP contribution is -2.28. The Balaban J connectivity index is 1.82. The lowest BCUT2D eigenvalue weighted by molar-refractivity contribution is 0.233. The van der Waals surface area contributed by atoms with Crippen LogP contribution in [0.2, 0.25) is 0 Å². The number of imidazole rings is 1. The van der Waals surface area contributed by atoms with Gasteiger partial charge in [0.15, 0.2) is 0 Å². The van der Waals surface area contributed by atoms with Crippen molar-refractivity contribution in [3.05, 3.63) is 65.5 Å². The largest absolute Gasteiger partial charge is 0.394 e. The first-order chi connectivity index (χ1) is 11.6. The molecular formula is C20H25N3O. The van der Waals surface area contributed by atoms with Gasteiger partial charge in [-0.1, -0.05) is 43.3 Å². The summed E-state index contributed by atoms with van der Waals surface area (Å²) in [7, 11) is 2.03. The van der Waals surface area contributed by atoms with E-state index in [1.165, 1.54) is 5.56 Å². The third-order valence-electron chi connectivity index (χ3n) is 4.63. The Morgan fingerprint density at radius 2 is 1.83 bits per heavy atom. The van der Waals surface area contributed by atoms with Gasteiger partial charge in [0.25, 0.3) is 0 Å². The number of nitrogens with zero attached hydrogens (tertiary/aromatic N) is 2. The summed E-state index contributed by atoms with van der Waals surface area (Å²) in [5, 5.41) is 13.3. The van der Waals surface area contributed by atoms with Crippen molar-refractivity contribution in [3.8, 4) is 0 Å². The molecule has 1 heterocycles. The molecule has 0 aliphatic heterocycles. The quantitative estimate of drug-likeness (QED) is 0.730. The van der Waals surface area contributed by atoms with Gasteiger partial charge in [0.1, 0.15) is 5.82 Å². The summed E-state index contributed by atoms with van der Waals surface area (Å²) in [6.07, 6.45) is 1.02. The van der Waals surface area contributed by atoms with Crippen LogP contribution >= 0.6 is 0 Å². The van der Waals surface area contributed by atoms with Crippen LogP contribution < -0.4 is 5.32 Å². The number of aryl methyl sites for hydroxylation is 2. The van der Waals surface area contributed by atoms with Crippen LogP contribution in [0.5, 0.6) is 0 Å². The first kappa shape index (κ1) is 16.7. The van der Waals surface area contributed by atoms with Crippen molar-refractivity contribution in [3.63, 3.8) is 0 Å². The highest BCUT2D eigenvalue weighted by Crippen LogP contribution is 2.22. The van der Waals surface area contributed by atoms with Gasteiger partial charge in [-0.05, 0) is 36.6 Å². The van der Waals surface area contributed by atoms with E-state index >= 15 is 0 Å². The SMILES string of the molecule is CCc1ccc(C(CO)NC(C)c2nc3ccccc3n2C)cc1. The van der Waals surface area contributed by atoms with Crippen LogP contribution in [-0.2, 0) is 13.5 Å². The van der Waals surface area contributed by atoms with E-state index in [-0.39, 0.29) is 18.7 Å². The van der Waals surface area contributed by atoms with E-state index in [1.54, 1.807) is 0 Å². The van der Waals surface area contributed by atoms with Gasteiger partial charge in [0.2, 0.25) is 0 Å². The van der Waals surface area contributed by atoms with Crippen molar-refractivity contribution in [2.75, 3.05) is 6.61 Å². The standard InChI is InChI=1S/C20H25N3O/c1-4-15-9-11-16(12-10-15)18(13-24)21-14(2)20-22-17-7-5-6-8-19(17)23(20)3/h5-12,14,18,21,24H,4,13H2,1-3H3. The molecule has 0 fully saturated rings. The second-order valence-corrected chi connectivity index (χ2v) is 6.24. The zero-order valence-electron chi connectivity index (χ0n) is 14.5. The van der Waals surface area contributed by atoms with E-state index in [0.717, 1.165) is 28.8 Å². The molecule has 4 heteroatoms. The van der Waals surface area contributed by atoms with Gasteiger partial charge in [-0.25, -0.2) is 4.98 Å². The molecule has 0 aliphatic rings. The van der Waals surface area contributed by atoms with E-state index < -0.39 is 0 Å². The number of aliphatic hydroxyl groups is 1. The van der Waals surface area contributed by atoms with E-state index in [4.69, 9.17) is 4.98 Å². The molecule has 24 heavy (non-hydrogen) atoms. The number of hydrogen-bond acceptors (Lipinski definition) is 3. The molecule has 0 spiro atoms. The monoisotopic (exact) mass is 323 g/mol. The Labute approximate surface area is 143 Å². The van der Waals surface area contributed by atoms with E-state index in [0.29, 0.717) is 0 Å². The zero-order chi connectivity index (χ0) is 17.1. The fourth-order valence-corrected chi connectivity index (χ4v) is 3.17. The molecule has 0 radical (unpaired) electrons. The fraction of sp³-hybridized carbons (Fsp3) is 0.350. The summed E-state index contributed by atoms with van der Waals surface area (Å²) in [4.78, 5) is 4.74. The number of fused-ring (bicyclic) bond motifs is 1. The van der Waals surface area contributed by atoms with Gasteiger partial charge in [-0.2, -0.15) is 0 Å².